The molecule has 4 heterocycles. The van der Waals surface area contributed by atoms with Gasteiger partial charge in [-0.1, -0.05) is 87.5 Å². The molecule has 0 saturated heterocycles. The maximum Gasteiger partial charge on any atom is 0.145 e. The monoisotopic (exact) mass is 646 g/mol. The number of H-pyrrole nitrogens is 1. The van der Waals surface area contributed by atoms with Gasteiger partial charge in [-0.2, -0.15) is 0 Å². The van der Waals surface area contributed by atoms with E-state index in [-0.39, 0.29) is 5.41 Å². The molecule has 5 aromatic carbocycles. The molecule has 9 aromatic rings. The van der Waals surface area contributed by atoms with Crippen LogP contribution in [0.25, 0.3) is 83.1 Å². The van der Waals surface area contributed by atoms with Gasteiger partial charge in [0.2, 0.25) is 0 Å². The van der Waals surface area contributed by atoms with Crippen LogP contribution in [0.5, 0.6) is 0 Å². The van der Waals surface area contributed by atoms with Gasteiger partial charge >= 0.3 is 0 Å². The molecule has 242 valence electrons. The lowest BCUT2D eigenvalue weighted by molar-refractivity contribution is 0.591. The Labute approximate surface area is 292 Å². The van der Waals surface area contributed by atoms with Crippen LogP contribution in [0.4, 0.5) is 0 Å². The molecular formula is C46H38N4. The Morgan fingerprint density at radius 1 is 0.600 bits per heavy atom. The Hall–Kier alpha value is -6.00. The highest BCUT2D eigenvalue weighted by molar-refractivity contribution is 6.12. The van der Waals surface area contributed by atoms with E-state index in [1.165, 1.54) is 38.4 Å². The highest BCUT2D eigenvalue weighted by Crippen LogP contribution is 2.41. The van der Waals surface area contributed by atoms with Crippen LogP contribution in [0.3, 0.4) is 0 Å². The van der Waals surface area contributed by atoms with E-state index in [0.717, 1.165) is 61.3 Å². The van der Waals surface area contributed by atoms with E-state index in [9.17, 15) is 0 Å². The SMILES string of the molecule is Cc1cccc(C)c1-c1cc(-c2cccc(-n3c4ccccc4c4cccnc43)c2)nc(-c2cc(C(C)(C)C)cc3c2[nH]c2ccccc23)c1. The number of para-hydroxylation sites is 2. The van der Waals surface area contributed by atoms with Crippen LogP contribution in [0, 0.1) is 13.8 Å². The predicted molar refractivity (Wildman–Crippen MR) is 210 cm³/mol. The largest absolute Gasteiger partial charge is 0.354 e. The lowest BCUT2D eigenvalue weighted by Gasteiger charge is -2.21. The number of benzene rings is 5. The van der Waals surface area contributed by atoms with Crippen LogP contribution in [0.15, 0.2) is 134 Å². The summed E-state index contributed by atoms with van der Waals surface area (Å²) in [6, 6.07) is 45.8. The molecule has 4 heteroatoms. The van der Waals surface area contributed by atoms with Crippen molar-refractivity contribution in [3.8, 4) is 39.3 Å². The first-order valence-corrected chi connectivity index (χ1v) is 17.3. The van der Waals surface area contributed by atoms with Crippen molar-refractivity contribution in [1.82, 2.24) is 19.5 Å². The third-order valence-corrected chi connectivity index (χ3v) is 10.2. The molecule has 4 nitrogen and oxygen atoms in total. The lowest BCUT2D eigenvalue weighted by Crippen LogP contribution is -2.11. The molecule has 50 heavy (non-hydrogen) atoms. The van der Waals surface area contributed by atoms with E-state index in [0.29, 0.717) is 0 Å². The van der Waals surface area contributed by atoms with Crippen molar-refractivity contribution in [3.63, 3.8) is 0 Å². The zero-order valence-electron chi connectivity index (χ0n) is 29.0. The normalized spacial score (nSPS) is 12.1. The zero-order valence-corrected chi connectivity index (χ0v) is 29.0. The van der Waals surface area contributed by atoms with Crippen molar-refractivity contribution in [1.29, 1.82) is 0 Å². The summed E-state index contributed by atoms with van der Waals surface area (Å²) in [6.07, 6.45) is 1.87. The number of hydrogen-bond donors (Lipinski definition) is 1. The molecule has 0 aliphatic carbocycles. The van der Waals surface area contributed by atoms with Crippen LogP contribution < -0.4 is 0 Å². The average molecular weight is 647 g/mol. The summed E-state index contributed by atoms with van der Waals surface area (Å²) in [6.45, 7) is 11.3. The van der Waals surface area contributed by atoms with Crippen molar-refractivity contribution in [2.45, 2.75) is 40.0 Å². The van der Waals surface area contributed by atoms with Crippen LogP contribution in [-0.4, -0.2) is 19.5 Å². The summed E-state index contributed by atoms with van der Waals surface area (Å²) < 4.78 is 2.27. The molecule has 0 aliphatic rings. The van der Waals surface area contributed by atoms with Crippen LogP contribution >= 0.6 is 0 Å². The molecule has 0 radical (unpaired) electrons. The molecule has 0 spiro atoms. The second-order valence-corrected chi connectivity index (χ2v) is 14.5. The molecule has 0 aliphatic heterocycles. The smallest absolute Gasteiger partial charge is 0.145 e. The Kier molecular flexibility index (Phi) is 6.79. The van der Waals surface area contributed by atoms with Gasteiger partial charge in [-0.15, -0.1) is 0 Å². The quantitative estimate of drug-likeness (QED) is 0.207. The molecule has 0 fully saturated rings. The molecule has 4 aromatic heterocycles. The van der Waals surface area contributed by atoms with E-state index in [1.807, 2.05) is 12.3 Å². The van der Waals surface area contributed by atoms with E-state index in [4.69, 9.17) is 9.97 Å². The van der Waals surface area contributed by atoms with E-state index in [1.54, 1.807) is 0 Å². The second-order valence-electron chi connectivity index (χ2n) is 14.5. The number of nitrogens with zero attached hydrogens (tertiary/aromatic N) is 3. The molecule has 0 amide bonds. The molecule has 0 atom stereocenters. The van der Waals surface area contributed by atoms with Crippen molar-refractivity contribution in [3.05, 3.63) is 150 Å². The summed E-state index contributed by atoms with van der Waals surface area (Å²) in [5.41, 5.74) is 15.6. The number of hydrogen-bond acceptors (Lipinski definition) is 2. The van der Waals surface area contributed by atoms with Gasteiger partial charge < -0.3 is 4.98 Å². The fourth-order valence-corrected chi connectivity index (χ4v) is 7.68. The Morgan fingerprint density at radius 2 is 1.32 bits per heavy atom. The van der Waals surface area contributed by atoms with Gasteiger partial charge in [-0.25, -0.2) is 9.97 Å². The average Bonchev–Trinajstić information content (AvgIpc) is 3.67. The Morgan fingerprint density at radius 3 is 2.14 bits per heavy atom. The number of pyridine rings is 2. The summed E-state index contributed by atoms with van der Waals surface area (Å²) in [4.78, 5) is 14.1. The maximum atomic E-state index is 5.50. The standard InChI is InChI=1S/C46H38N4/c1-28-13-10-14-29(2)43(28)31-24-40(30-15-11-16-33(23-30)50-42-21-9-7-18-35(42)36-19-12-22-47-45(36)50)48-41(25-31)38-27-32(46(3,4)5)26-37-34-17-6-8-20-39(34)49-44(37)38/h6-27,49H,1-5H3. The first-order valence-electron chi connectivity index (χ1n) is 17.3. The zero-order chi connectivity index (χ0) is 34.1. The molecule has 0 bridgehead atoms. The highest BCUT2D eigenvalue weighted by atomic mass is 15.0. The van der Waals surface area contributed by atoms with E-state index in [2.05, 4.69) is 165 Å². The van der Waals surface area contributed by atoms with Crippen molar-refractivity contribution >= 4 is 43.7 Å². The molecule has 0 saturated carbocycles. The fraction of sp³-hybridized carbons (Fsp3) is 0.130. The Bertz CT molecular complexity index is 2700. The number of nitrogens with one attached hydrogen (secondary N) is 1. The summed E-state index contributed by atoms with van der Waals surface area (Å²) in [7, 11) is 0. The highest BCUT2D eigenvalue weighted by Gasteiger charge is 2.21. The van der Waals surface area contributed by atoms with Gasteiger partial charge in [0.1, 0.15) is 5.65 Å². The number of aromatic nitrogens is 4. The van der Waals surface area contributed by atoms with Crippen LogP contribution in [0.1, 0.15) is 37.5 Å². The minimum atomic E-state index is -0.0426. The third kappa shape index (κ3) is 4.82. The number of rotatable bonds is 4. The summed E-state index contributed by atoms with van der Waals surface area (Å²) in [5.74, 6) is 0. The molecule has 9 rings (SSSR count). The first-order chi connectivity index (χ1) is 24.2. The fourth-order valence-electron chi connectivity index (χ4n) is 7.68. The number of fused-ring (bicyclic) bond motifs is 6. The number of aryl methyl sites for hydroxylation is 2. The van der Waals surface area contributed by atoms with Crippen molar-refractivity contribution < 1.29 is 0 Å². The van der Waals surface area contributed by atoms with E-state index >= 15 is 0 Å². The van der Waals surface area contributed by atoms with E-state index < -0.39 is 0 Å². The topological polar surface area (TPSA) is 46.5 Å². The lowest BCUT2D eigenvalue weighted by atomic mass is 9.84. The molecule has 0 unspecified atom stereocenters. The van der Waals surface area contributed by atoms with Gasteiger partial charge in [0, 0.05) is 50.1 Å². The third-order valence-electron chi connectivity index (χ3n) is 10.2. The molecular weight excluding hydrogens is 609 g/mol. The Balaban J connectivity index is 1.32. The van der Waals surface area contributed by atoms with Crippen LogP contribution in [0.2, 0.25) is 0 Å². The second kappa shape index (κ2) is 11.3. The summed E-state index contributed by atoms with van der Waals surface area (Å²) >= 11 is 0. The van der Waals surface area contributed by atoms with Gasteiger partial charge in [0.15, 0.2) is 0 Å². The summed E-state index contributed by atoms with van der Waals surface area (Å²) in [5, 5.41) is 4.80. The number of aromatic amines is 1. The van der Waals surface area contributed by atoms with Gasteiger partial charge in [0.05, 0.1) is 22.4 Å². The van der Waals surface area contributed by atoms with Gasteiger partial charge in [-0.3, -0.25) is 4.57 Å². The maximum absolute atomic E-state index is 5.50. The van der Waals surface area contributed by atoms with Crippen molar-refractivity contribution in [2.24, 2.45) is 0 Å². The minimum Gasteiger partial charge on any atom is -0.354 e. The first kappa shape index (κ1) is 30.1. The molecule has 1 N–H and O–H groups in total. The van der Waals surface area contributed by atoms with Gasteiger partial charge in [0.25, 0.3) is 0 Å². The predicted octanol–water partition coefficient (Wildman–Crippen LogP) is 12.1. The van der Waals surface area contributed by atoms with Gasteiger partial charge in [-0.05, 0) is 108 Å². The minimum absolute atomic E-state index is 0.0426. The van der Waals surface area contributed by atoms with Crippen LogP contribution in [-0.2, 0) is 5.41 Å². The van der Waals surface area contributed by atoms with Crippen molar-refractivity contribution in [2.75, 3.05) is 0 Å².